The van der Waals surface area contributed by atoms with Crippen LogP contribution in [0.15, 0.2) is 60.9 Å². The van der Waals surface area contributed by atoms with Gasteiger partial charge in [0.05, 0.1) is 6.67 Å². The van der Waals surface area contributed by atoms with Crippen LogP contribution < -0.4 is 31.5 Å². The number of aryl methyl sites for hydroxylation is 6. The van der Waals surface area contributed by atoms with Gasteiger partial charge in [0.15, 0.2) is 0 Å². The normalized spacial score (nSPS) is 13.9. The average Bonchev–Trinajstić information content (AvgIpc) is 3.22. The molecule has 210 valence electrons. The molecule has 0 bridgehead atoms. The van der Waals surface area contributed by atoms with E-state index >= 15 is 0 Å². The Labute approximate surface area is 251 Å². The molecule has 4 nitrogen and oxygen atoms in total. The van der Waals surface area contributed by atoms with Gasteiger partial charge < -0.3 is 20.0 Å². The molecule has 3 aromatic carbocycles. The van der Waals surface area contributed by atoms with E-state index in [0.717, 1.165) is 6.67 Å². The van der Waals surface area contributed by atoms with Crippen LogP contribution in [0.5, 0.6) is 0 Å². The Balaban J connectivity index is 0.000000592. The summed E-state index contributed by atoms with van der Waals surface area (Å²) in [6.45, 7) is 17.6. The molecule has 1 aliphatic heterocycles. The fourth-order valence-electron chi connectivity index (χ4n) is 5.79. The molecular weight excluding hydrogens is 662 g/mol. The van der Waals surface area contributed by atoms with Gasteiger partial charge in [-0.2, -0.15) is 0 Å². The van der Waals surface area contributed by atoms with Crippen LogP contribution in [0.3, 0.4) is 0 Å². The van der Waals surface area contributed by atoms with Gasteiger partial charge in [-0.05, 0) is 53.7 Å². The van der Waals surface area contributed by atoms with Crippen molar-refractivity contribution in [2.45, 2.75) is 74.0 Å². The largest absolute Gasteiger partial charge is 2.00 e. The van der Waals surface area contributed by atoms with E-state index in [9.17, 15) is 10.2 Å². The van der Waals surface area contributed by atoms with Crippen LogP contribution in [0.1, 0.15) is 53.6 Å². The summed E-state index contributed by atoms with van der Waals surface area (Å²) < 4.78 is 0. The molecule has 0 fully saturated rings. The summed E-state index contributed by atoms with van der Waals surface area (Å²) >= 11 is 0. The Morgan fingerprint density at radius 2 is 1.13 bits per heavy atom. The smallest absolute Gasteiger partial charge is 0.852 e. The zero-order valence-corrected chi connectivity index (χ0v) is 27.2. The molecule has 0 aliphatic carbocycles. The second kappa shape index (κ2) is 14.3. The van der Waals surface area contributed by atoms with Crippen LogP contribution >= 0.6 is 0 Å². The van der Waals surface area contributed by atoms with Gasteiger partial charge in [0.2, 0.25) is 6.71 Å². The summed E-state index contributed by atoms with van der Waals surface area (Å²) in [7, 11) is 2.10. The van der Waals surface area contributed by atoms with E-state index in [0.29, 0.717) is 0 Å². The topological polar surface area (TPSA) is 52.6 Å². The van der Waals surface area contributed by atoms with Crippen molar-refractivity contribution in [3.63, 3.8) is 0 Å². The molecule has 39 heavy (non-hydrogen) atoms. The average molecular weight is 706 g/mol. The quantitative estimate of drug-likeness (QED) is 0.371. The summed E-state index contributed by atoms with van der Waals surface area (Å²) in [5.74, 6) is 0. The Morgan fingerprint density at radius 3 is 1.44 bits per heavy atom. The van der Waals surface area contributed by atoms with Gasteiger partial charge in [0.1, 0.15) is 0 Å². The second-order valence-corrected chi connectivity index (χ2v) is 11.2. The summed E-state index contributed by atoms with van der Waals surface area (Å²) in [4.78, 5) is 4.47. The summed E-state index contributed by atoms with van der Waals surface area (Å²) in [5.41, 5.74) is 13.6. The standard InChI is InChI=1S/C28H33BN2.C5H10O2.Pt/c1-19-14-21(3)27(22(4)15-19)29(28-23(5)16-20(2)17-24(28)6)25-8-10-26(11-9-25)31-13-12-30(7)18-31;1-4(6)3-5(2)7;/h8-17H,18H2,1-7H3;4-5H,3H2,1-2H3;/q;-2;+2. The minimum Gasteiger partial charge on any atom is -0.852 e. The SMILES string of the molecule is CC([O-])CC(C)[O-].Cc1cc(C)c(B(c2ccc(N3C=CN(C)C3)cc2)c2c(C)cc(C)cc2C)c(C)c1.[Pt+2]. The first-order valence-electron chi connectivity index (χ1n) is 13.6. The minimum absolute atomic E-state index is 0. The van der Waals surface area contributed by atoms with Crippen molar-refractivity contribution in [2.24, 2.45) is 0 Å². The van der Waals surface area contributed by atoms with Gasteiger partial charge in [-0.15, -0.1) is 12.2 Å². The van der Waals surface area contributed by atoms with E-state index < -0.39 is 12.2 Å². The fourth-order valence-corrected chi connectivity index (χ4v) is 5.79. The third kappa shape index (κ3) is 8.58. The van der Waals surface area contributed by atoms with Gasteiger partial charge in [-0.25, -0.2) is 0 Å². The molecule has 6 heteroatoms. The molecular formula is C33H43BN2O2Pt. The Morgan fingerprint density at radius 1 is 0.718 bits per heavy atom. The van der Waals surface area contributed by atoms with Gasteiger partial charge in [-0.3, -0.25) is 0 Å². The summed E-state index contributed by atoms with van der Waals surface area (Å²) in [6.07, 6.45) is 3.14. The molecule has 2 atom stereocenters. The second-order valence-electron chi connectivity index (χ2n) is 11.2. The van der Waals surface area contributed by atoms with Crippen molar-refractivity contribution in [3.05, 3.63) is 94.3 Å². The molecule has 1 aliphatic rings. The van der Waals surface area contributed by atoms with Crippen LogP contribution in [0.25, 0.3) is 0 Å². The predicted octanol–water partition coefficient (Wildman–Crippen LogP) is 3.11. The third-order valence-corrected chi connectivity index (χ3v) is 7.15. The van der Waals surface area contributed by atoms with Crippen LogP contribution in [0.2, 0.25) is 0 Å². The van der Waals surface area contributed by atoms with E-state index in [1.165, 1.54) is 69.3 Å². The fraction of sp³-hybridized carbons (Fsp3) is 0.394. The van der Waals surface area contributed by atoms with Crippen molar-refractivity contribution in [1.82, 2.24) is 4.90 Å². The molecule has 0 spiro atoms. The number of anilines is 1. The van der Waals surface area contributed by atoms with Crippen LogP contribution in [-0.2, 0) is 21.1 Å². The van der Waals surface area contributed by atoms with Crippen molar-refractivity contribution in [1.29, 1.82) is 0 Å². The molecule has 3 aromatic rings. The van der Waals surface area contributed by atoms with E-state index in [2.05, 4.69) is 119 Å². The van der Waals surface area contributed by atoms with E-state index in [1.54, 1.807) is 0 Å². The molecule has 0 radical (unpaired) electrons. The molecule has 0 aromatic heterocycles. The van der Waals surface area contributed by atoms with Crippen molar-refractivity contribution in [2.75, 3.05) is 18.6 Å². The number of rotatable bonds is 6. The Kier molecular flexibility index (Phi) is 12.1. The third-order valence-electron chi connectivity index (χ3n) is 7.15. The Bertz CT molecular complexity index is 1160. The molecule has 0 N–H and O–H groups in total. The number of hydrogen-bond donors (Lipinski definition) is 0. The number of benzene rings is 3. The van der Waals surface area contributed by atoms with Crippen molar-refractivity contribution in [3.8, 4) is 0 Å². The Hall–Kier alpha value is -2.33. The molecule has 4 rings (SSSR count). The van der Waals surface area contributed by atoms with E-state index in [-0.39, 0.29) is 34.2 Å². The first-order chi connectivity index (χ1) is 17.9. The first-order valence-corrected chi connectivity index (χ1v) is 13.6. The maximum Gasteiger partial charge on any atom is 2.00 e. The van der Waals surface area contributed by atoms with Crippen LogP contribution in [0.4, 0.5) is 5.69 Å². The van der Waals surface area contributed by atoms with Gasteiger partial charge in [-0.1, -0.05) is 106 Å². The minimum atomic E-state index is -0.688. The van der Waals surface area contributed by atoms with E-state index in [1.807, 2.05) is 0 Å². The summed E-state index contributed by atoms with van der Waals surface area (Å²) in [6, 6.07) is 18.5. The maximum atomic E-state index is 10.1. The van der Waals surface area contributed by atoms with Gasteiger partial charge in [0.25, 0.3) is 0 Å². The molecule has 0 saturated carbocycles. The number of nitrogens with zero attached hydrogens (tertiary/aromatic N) is 2. The van der Waals surface area contributed by atoms with Crippen molar-refractivity contribution < 1.29 is 31.3 Å². The zero-order chi connectivity index (χ0) is 28.1. The monoisotopic (exact) mass is 705 g/mol. The molecule has 1 heterocycles. The summed E-state index contributed by atoms with van der Waals surface area (Å²) in [5, 5.41) is 20.3. The molecule has 0 amide bonds. The first kappa shape index (κ1) is 32.9. The van der Waals surface area contributed by atoms with E-state index in [4.69, 9.17) is 0 Å². The van der Waals surface area contributed by atoms with Crippen LogP contribution in [-0.4, -0.2) is 37.5 Å². The van der Waals surface area contributed by atoms with Gasteiger partial charge in [0, 0.05) is 25.1 Å². The molecule has 0 saturated heterocycles. The molecule has 2 unspecified atom stereocenters. The number of hydrogen-bond acceptors (Lipinski definition) is 4. The van der Waals surface area contributed by atoms with Crippen molar-refractivity contribution >= 4 is 28.8 Å². The van der Waals surface area contributed by atoms with Crippen LogP contribution in [0, 0.1) is 41.5 Å². The van der Waals surface area contributed by atoms with Gasteiger partial charge >= 0.3 is 21.1 Å². The maximum absolute atomic E-state index is 10.1. The zero-order valence-electron chi connectivity index (χ0n) is 24.9. The predicted molar refractivity (Wildman–Crippen MR) is 160 cm³/mol.